The zero-order valence-corrected chi connectivity index (χ0v) is 25.7. The fourth-order valence-electron chi connectivity index (χ4n) is 5.66. The summed E-state index contributed by atoms with van der Waals surface area (Å²) in [6.45, 7) is 7.50. The van der Waals surface area contributed by atoms with Crippen molar-refractivity contribution in [3.63, 3.8) is 0 Å². The molecule has 5 N–H and O–H groups in total. The Morgan fingerprint density at radius 2 is 1.72 bits per heavy atom. The molecular weight excluding hydrogens is 550 g/mol. The van der Waals surface area contributed by atoms with E-state index >= 15 is 0 Å². The zero-order chi connectivity index (χ0) is 31.1. The van der Waals surface area contributed by atoms with E-state index in [9.17, 15) is 24.6 Å². The van der Waals surface area contributed by atoms with Gasteiger partial charge in [-0.1, -0.05) is 38.5 Å². The van der Waals surface area contributed by atoms with Gasteiger partial charge in [0.2, 0.25) is 0 Å². The monoisotopic (exact) mass is 597 g/mol. The van der Waals surface area contributed by atoms with Crippen LogP contribution >= 0.6 is 0 Å². The molecule has 5 bridgehead atoms. The SMILES string of the molecule is CC1NC(=O)C(C(C)C)OC(=O)CCC(O)CCCCc2ccc3ccc(nc3c2)C(C)NC(O)C2CCCN(N2)C1=O. The van der Waals surface area contributed by atoms with Crippen LogP contribution in [0.4, 0.5) is 0 Å². The largest absolute Gasteiger partial charge is 0.452 e. The van der Waals surface area contributed by atoms with Crippen LogP contribution in [0.1, 0.15) is 89.9 Å². The van der Waals surface area contributed by atoms with Crippen molar-refractivity contribution >= 4 is 28.7 Å². The second kappa shape index (κ2) is 15.1. The van der Waals surface area contributed by atoms with Crippen molar-refractivity contribution in [1.82, 2.24) is 26.1 Å². The van der Waals surface area contributed by atoms with E-state index in [2.05, 4.69) is 34.3 Å². The van der Waals surface area contributed by atoms with E-state index in [0.717, 1.165) is 41.4 Å². The number of nitrogens with zero attached hydrogens (tertiary/aromatic N) is 2. The number of hydrazine groups is 1. The highest BCUT2D eigenvalue weighted by molar-refractivity contribution is 5.90. The van der Waals surface area contributed by atoms with Crippen molar-refractivity contribution in [2.24, 2.45) is 5.92 Å². The van der Waals surface area contributed by atoms with Gasteiger partial charge in [0.05, 0.1) is 23.4 Å². The number of carbonyl (C=O) groups excluding carboxylic acids is 3. The van der Waals surface area contributed by atoms with Crippen molar-refractivity contribution in [3.8, 4) is 0 Å². The van der Waals surface area contributed by atoms with Crippen LogP contribution in [0.5, 0.6) is 0 Å². The summed E-state index contributed by atoms with van der Waals surface area (Å²) in [7, 11) is 0. The molecule has 2 aliphatic heterocycles. The first-order chi connectivity index (χ1) is 20.5. The Bertz CT molecular complexity index is 1270. The van der Waals surface area contributed by atoms with E-state index in [-0.39, 0.29) is 30.7 Å². The van der Waals surface area contributed by atoms with Crippen molar-refractivity contribution in [2.45, 2.75) is 116 Å². The topological polar surface area (TPSA) is 153 Å². The second-order valence-corrected chi connectivity index (χ2v) is 12.3. The molecule has 43 heavy (non-hydrogen) atoms. The summed E-state index contributed by atoms with van der Waals surface area (Å²) in [4.78, 5) is 43.8. The Hall–Kier alpha value is -3.12. The van der Waals surface area contributed by atoms with Gasteiger partial charge < -0.3 is 20.3 Å². The number of cyclic esters (lactones) is 1. The zero-order valence-electron chi connectivity index (χ0n) is 25.7. The number of ether oxygens (including phenoxy) is 1. The maximum atomic E-state index is 13.3. The lowest BCUT2D eigenvalue weighted by Crippen LogP contribution is -2.62. The Labute approximate surface area is 253 Å². The Kier molecular flexibility index (Phi) is 11.5. The maximum absolute atomic E-state index is 13.3. The standard InChI is InChI=1S/C32H47N5O6/c1-19(2)29-31(41)34-21(4)32(42)37-17-7-10-26(36-37)30(40)33-20(3)25-15-13-23-12-11-22(18-27(23)35-25)8-5-6-9-24(38)14-16-28(39)43-29/h11-13,15,18-21,24,26,29-30,33,36,38,40H,5-10,14,16-17H2,1-4H3,(H,34,41). The van der Waals surface area contributed by atoms with Gasteiger partial charge in [0.1, 0.15) is 12.3 Å². The van der Waals surface area contributed by atoms with E-state index in [1.807, 2.05) is 19.1 Å². The molecule has 4 rings (SSSR count). The summed E-state index contributed by atoms with van der Waals surface area (Å²) in [6, 6.07) is 8.66. The molecule has 3 heterocycles. The maximum Gasteiger partial charge on any atom is 0.306 e. The van der Waals surface area contributed by atoms with Gasteiger partial charge in [0, 0.05) is 24.4 Å². The molecule has 6 atom stereocenters. The molecule has 1 saturated heterocycles. The Morgan fingerprint density at radius 1 is 0.953 bits per heavy atom. The number of aromatic nitrogens is 1. The van der Waals surface area contributed by atoms with Crippen LogP contribution in [0.3, 0.4) is 0 Å². The number of esters is 1. The van der Waals surface area contributed by atoms with Gasteiger partial charge in [0.25, 0.3) is 11.8 Å². The third kappa shape index (κ3) is 8.95. The quantitative estimate of drug-likeness (QED) is 0.312. The summed E-state index contributed by atoms with van der Waals surface area (Å²) in [5, 5.41) is 29.9. The average Bonchev–Trinajstić information content (AvgIpc) is 2.99. The van der Waals surface area contributed by atoms with Crippen LogP contribution in [-0.2, 0) is 25.5 Å². The van der Waals surface area contributed by atoms with E-state index in [1.54, 1.807) is 20.8 Å². The summed E-state index contributed by atoms with van der Waals surface area (Å²) in [6.07, 6.45) is 2.01. The summed E-state index contributed by atoms with van der Waals surface area (Å²) in [5.74, 6) is -1.77. The normalized spacial score (nSPS) is 29.3. The molecule has 1 aromatic heterocycles. The molecule has 0 spiro atoms. The number of hydrogen-bond donors (Lipinski definition) is 5. The van der Waals surface area contributed by atoms with Gasteiger partial charge in [-0.05, 0) is 76.0 Å². The lowest BCUT2D eigenvalue weighted by Gasteiger charge is -2.38. The number of rotatable bonds is 1. The van der Waals surface area contributed by atoms with E-state index in [0.29, 0.717) is 25.8 Å². The molecule has 0 aliphatic carbocycles. The number of amides is 2. The molecule has 236 valence electrons. The average molecular weight is 598 g/mol. The second-order valence-electron chi connectivity index (χ2n) is 12.3. The van der Waals surface area contributed by atoms with Crippen LogP contribution < -0.4 is 16.1 Å². The van der Waals surface area contributed by atoms with Crippen LogP contribution in [0.25, 0.3) is 10.9 Å². The molecule has 0 radical (unpaired) electrons. The number of carbonyl (C=O) groups is 3. The number of aryl methyl sites for hydroxylation is 1. The van der Waals surface area contributed by atoms with Gasteiger partial charge >= 0.3 is 5.97 Å². The van der Waals surface area contributed by atoms with E-state index < -0.39 is 42.4 Å². The van der Waals surface area contributed by atoms with Gasteiger partial charge in [-0.3, -0.25) is 29.7 Å². The third-order valence-electron chi connectivity index (χ3n) is 8.29. The smallest absolute Gasteiger partial charge is 0.306 e. The first-order valence-electron chi connectivity index (χ1n) is 15.6. The minimum absolute atomic E-state index is 0.00129. The number of hydrogen-bond acceptors (Lipinski definition) is 9. The van der Waals surface area contributed by atoms with Crippen LogP contribution in [0, 0.1) is 5.92 Å². The first-order valence-corrected chi connectivity index (χ1v) is 15.6. The van der Waals surface area contributed by atoms with Crippen LogP contribution in [-0.4, -0.2) is 75.1 Å². The number of aliphatic hydroxyl groups excluding tert-OH is 2. The highest BCUT2D eigenvalue weighted by atomic mass is 16.5. The Balaban J connectivity index is 1.52. The van der Waals surface area contributed by atoms with Crippen LogP contribution in [0.15, 0.2) is 30.3 Å². The number of nitrogens with one attached hydrogen (secondary N) is 3. The molecular formula is C32H47N5O6. The van der Waals surface area contributed by atoms with Crippen molar-refractivity contribution in [2.75, 3.05) is 6.54 Å². The van der Waals surface area contributed by atoms with Gasteiger partial charge in [0.15, 0.2) is 6.10 Å². The lowest BCUT2D eigenvalue weighted by atomic mass is 10.0. The van der Waals surface area contributed by atoms with Gasteiger partial charge in [-0.25, -0.2) is 5.43 Å². The third-order valence-corrected chi connectivity index (χ3v) is 8.29. The first kappa shape index (κ1) is 32.8. The molecule has 11 heteroatoms. The molecule has 1 aromatic carbocycles. The van der Waals surface area contributed by atoms with Gasteiger partial charge in [-0.15, -0.1) is 0 Å². The number of benzene rings is 1. The summed E-state index contributed by atoms with van der Waals surface area (Å²) < 4.78 is 5.50. The van der Waals surface area contributed by atoms with Crippen LogP contribution in [0.2, 0.25) is 0 Å². The predicted octanol–water partition coefficient (Wildman–Crippen LogP) is 2.64. The number of fused-ring (bicyclic) bond motifs is 4. The van der Waals surface area contributed by atoms with Crippen molar-refractivity contribution in [3.05, 3.63) is 41.6 Å². The minimum atomic E-state index is -1.06. The molecule has 0 saturated carbocycles. The van der Waals surface area contributed by atoms with E-state index in [4.69, 9.17) is 9.72 Å². The highest BCUT2D eigenvalue weighted by Gasteiger charge is 2.34. The van der Waals surface area contributed by atoms with Gasteiger partial charge in [-0.2, -0.15) is 0 Å². The van der Waals surface area contributed by atoms with E-state index in [1.165, 1.54) is 5.01 Å². The van der Waals surface area contributed by atoms with Crippen molar-refractivity contribution in [1.29, 1.82) is 0 Å². The fourth-order valence-corrected chi connectivity index (χ4v) is 5.66. The summed E-state index contributed by atoms with van der Waals surface area (Å²) in [5.41, 5.74) is 5.96. The summed E-state index contributed by atoms with van der Waals surface area (Å²) >= 11 is 0. The minimum Gasteiger partial charge on any atom is -0.452 e. The highest BCUT2D eigenvalue weighted by Crippen LogP contribution is 2.21. The molecule has 2 amide bonds. The predicted molar refractivity (Wildman–Crippen MR) is 162 cm³/mol. The molecule has 6 unspecified atom stereocenters. The number of pyridine rings is 1. The van der Waals surface area contributed by atoms with Crippen molar-refractivity contribution < 1.29 is 29.3 Å². The molecule has 2 aliphatic rings. The molecule has 2 aromatic rings. The molecule has 11 nitrogen and oxygen atoms in total. The fraction of sp³-hybridized carbons (Fsp3) is 0.625. The molecule has 1 fully saturated rings. The Morgan fingerprint density at radius 3 is 2.49 bits per heavy atom. The number of aliphatic hydroxyl groups is 2. The lowest BCUT2D eigenvalue weighted by molar-refractivity contribution is -0.160.